The van der Waals surface area contributed by atoms with E-state index in [1.807, 2.05) is 12.1 Å². The molecular weight excluding hydrogens is 198 g/mol. The first-order chi connectivity index (χ1) is 7.83. The average Bonchev–Trinajstić information content (AvgIpc) is 2.73. The number of benzene rings is 1. The minimum Gasteiger partial charge on any atom is -0.399 e. The summed E-state index contributed by atoms with van der Waals surface area (Å²) in [4.78, 5) is 2.48. The van der Waals surface area contributed by atoms with Crippen molar-refractivity contribution in [3.8, 4) is 0 Å². The fourth-order valence-electron chi connectivity index (χ4n) is 2.94. The van der Waals surface area contributed by atoms with Crippen molar-refractivity contribution in [3.05, 3.63) is 24.3 Å². The summed E-state index contributed by atoms with van der Waals surface area (Å²) in [6.45, 7) is 3.53. The van der Waals surface area contributed by atoms with Crippen molar-refractivity contribution in [2.24, 2.45) is 5.92 Å². The second-order valence-electron chi connectivity index (χ2n) is 4.96. The van der Waals surface area contributed by atoms with Crippen LogP contribution in [0, 0.1) is 5.92 Å². The van der Waals surface area contributed by atoms with E-state index in [9.17, 15) is 0 Å². The minimum atomic E-state index is 0.700. The van der Waals surface area contributed by atoms with E-state index in [4.69, 9.17) is 5.73 Å². The highest BCUT2D eigenvalue weighted by Gasteiger charge is 2.34. The van der Waals surface area contributed by atoms with Gasteiger partial charge in [-0.3, -0.25) is 0 Å². The Bertz CT molecular complexity index is 346. The zero-order chi connectivity index (χ0) is 11.0. The lowest BCUT2D eigenvalue weighted by molar-refractivity contribution is 0.340. The van der Waals surface area contributed by atoms with E-state index in [1.165, 1.54) is 31.6 Å². The number of nitrogens with two attached hydrogens (primary N) is 1. The van der Waals surface area contributed by atoms with E-state index in [0.717, 1.165) is 18.2 Å². The summed E-state index contributed by atoms with van der Waals surface area (Å²) < 4.78 is 0. The summed E-state index contributed by atoms with van der Waals surface area (Å²) in [5.41, 5.74) is 7.87. The molecule has 0 radical (unpaired) electrons. The Morgan fingerprint density at radius 3 is 2.75 bits per heavy atom. The molecule has 2 saturated heterocycles. The van der Waals surface area contributed by atoms with E-state index in [1.54, 1.807) is 0 Å². The quantitative estimate of drug-likeness (QED) is 0.700. The maximum absolute atomic E-state index is 5.71. The molecule has 2 aliphatic heterocycles. The van der Waals surface area contributed by atoms with Crippen LogP contribution in [0.25, 0.3) is 0 Å². The summed E-state index contributed by atoms with van der Waals surface area (Å²) in [6.07, 6.45) is 2.71. The van der Waals surface area contributed by atoms with Gasteiger partial charge in [-0.15, -0.1) is 0 Å². The molecule has 3 N–H and O–H groups in total. The SMILES string of the molecule is Nc1ccc(N2C[C@H]3CCCN[C@H]3C2)cc1. The Morgan fingerprint density at radius 2 is 2.00 bits per heavy atom. The second kappa shape index (κ2) is 3.98. The lowest BCUT2D eigenvalue weighted by atomic mass is 9.94. The Kier molecular flexibility index (Phi) is 2.48. The van der Waals surface area contributed by atoms with Gasteiger partial charge in [-0.1, -0.05) is 0 Å². The molecule has 3 rings (SSSR count). The molecular formula is C13H19N3. The predicted octanol–water partition coefficient (Wildman–Crippen LogP) is 1.46. The topological polar surface area (TPSA) is 41.3 Å². The van der Waals surface area contributed by atoms with E-state index >= 15 is 0 Å². The van der Waals surface area contributed by atoms with Gasteiger partial charge in [-0.2, -0.15) is 0 Å². The largest absolute Gasteiger partial charge is 0.399 e. The maximum atomic E-state index is 5.71. The highest BCUT2D eigenvalue weighted by molar-refractivity contribution is 5.54. The summed E-state index contributed by atoms with van der Waals surface area (Å²) in [5.74, 6) is 0.839. The van der Waals surface area contributed by atoms with Crippen LogP contribution in [0.3, 0.4) is 0 Å². The monoisotopic (exact) mass is 217 g/mol. The lowest BCUT2D eigenvalue weighted by Crippen LogP contribution is -2.40. The molecule has 1 aromatic rings. The molecule has 86 valence electrons. The van der Waals surface area contributed by atoms with Crippen molar-refractivity contribution in [2.45, 2.75) is 18.9 Å². The van der Waals surface area contributed by atoms with Gasteiger partial charge in [0, 0.05) is 30.5 Å². The van der Waals surface area contributed by atoms with Crippen LogP contribution in [0.4, 0.5) is 11.4 Å². The first kappa shape index (κ1) is 9.97. The van der Waals surface area contributed by atoms with Crippen molar-refractivity contribution < 1.29 is 0 Å². The molecule has 3 nitrogen and oxygen atoms in total. The van der Waals surface area contributed by atoms with Crippen molar-refractivity contribution in [1.29, 1.82) is 0 Å². The van der Waals surface area contributed by atoms with E-state index in [2.05, 4.69) is 22.3 Å². The second-order valence-corrected chi connectivity index (χ2v) is 4.96. The molecule has 0 aliphatic carbocycles. The molecule has 0 spiro atoms. The average molecular weight is 217 g/mol. The Balaban J connectivity index is 1.75. The fourth-order valence-corrected chi connectivity index (χ4v) is 2.94. The summed E-state index contributed by atoms with van der Waals surface area (Å²) in [5, 5.41) is 3.63. The molecule has 2 aliphatic rings. The molecule has 0 bridgehead atoms. The van der Waals surface area contributed by atoms with Crippen LogP contribution >= 0.6 is 0 Å². The number of fused-ring (bicyclic) bond motifs is 1. The van der Waals surface area contributed by atoms with Crippen molar-refractivity contribution in [2.75, 3.05) is 30.3 Å². The van der Waals surface area contributed by atoms with Gasteiger partial charge in [0.25, 0.3) is 0 Å². The smallest absolute Gasteiger partial charge is 0.0368 e. The Morgan fingerprint density at radius 1 is 1.19 bits per heavy atom. The highest BCUT2D eigenvalue weighted by atomic mass is 15.2. The van der Waals surface area contributed by atoms with Crippen LogP contribution in [-0.4, -0.2) is 25.7 Å². The van der Waals surface area contributed by atoms with E-state index < -0.39 is 0 Å². The first-order valence-corrected chi connectivity index (χ1v) is 6.17. The zero-order valence-electron chi connectivity index (χ0n) is 9.52. The molecule has 1 aromatic carbocycles. The maximum Gasteiger partial charge on any atom is 0.0368 e. The van der Waals surface area contributed by atoms with Gasteiger partial charge < -0.3 is 16.0 Å². The Hall–Kier alpha value is -1.22. The number of hydrogen-bond donors (Lipinski definition) is 2. The van der Waals surface area contributed by atoms with Crippen LogP contribution in [0.2, 0.25) is 0 Å². The molecule has 16 heavy (non-hydrogen) atoms. The predicted molar refractivity (Wildman–Crippen MR) is 67.6 cm³/mol. The van der Waals surface area contributed by atoms with Crippen LogP contribution < -0.4 is 16.0 Å². The standard InChI is InChI=1S/C13H19N3/c14-11-3-5-12(6-4-11)16-8-10-2-1-7-15-13(10)9-16/h3-6,10,13,15H,1-2,7-9,14H2/t10-,13+/m1/s1. The third-order valence-electron chi connectivity index (χ3n) is 3.86. The number of nitrogens with one attached hydrogen (secondary N) is 1. The summed E-state index contributed by atoms with van der Waals surface area (Å²) in [7, 11) is 0. The van der Waals surface area contributed by atoms with E-state index in [0.29, 0.717) is 6.04 Å². The minimum absolute atomic E-state index is 0.700. The molecule has 2 heterocycles. The lowest BCUT2D eigenvalue weighted by Gasteiger charge is -2.24. The molecule has 0 unspecified atom stereocenters. The summed E-state index contributed by atoms with van der Waals surface area (Å²) in [6, 6.07) is 8.95. The van der Waals surface area contributed by atoms with Crippen molar-refractivity contribution in [3.63, 3.8) is 0 Å². The third-order valence-corrected chi connectivity index (χ3v) is 3.86. The van der Waals surface area contributed by atoms with Gasteiger partial charge in [-0.25, -0.2) is 0 Å². The normalized spacial score (nSPS) is 29.1. The number of anilines is 2. The van der Waals surface area contributed by atoms with E-state index in [-0.39, 0.29) is 0 Å². The number of piperidine rings is 1. The third kappa shape index (κ3) is 1.76. The summed E-state index contributed by atoms with van der Waals surface area (Å²) >= 11 is 0. The number of hydrogen-bond acceptors (Lipinski definition) is 3. The molecule has 3 heteroatoms. The highest BCUT2D eigenvalue weighted by Crippen LogP contribution is 2.29. The Labute approximate surface area is 96.6 Å². The fraction of sp³-hybridized carbons (Fsp3) is 0.538. The van der Waals surface area contributed by atoms with Crippen molar-refractivity contribution in [1.82, 2.24) is 5.32 Å². The van der Waals surface area contributed by atoms with Gasteiger partial charge in [0.1, 0.15) is 0 Å². The van der Waals surface area contributed by atoms with Gasteiger partial charge in [0.05, 0.1) is 0 Å². The zero-order valence-corrected chi connectivity index (χ0v) is 9.52. The van der Waals surface area contributed by atoms with Crippen LogP contribution in [0.15, 0.2) is 24.3 Å². The molecule has 2 fully saturated rings. The number of nitrogen functional groups attached to an aromatic ring is 1. The van der Waals surface area contributed by atoms with Crippen molar-refractivity contribution >= 4 is 11.4 Å². The van der Waals surface area contributed by atoms with Crippen LogP contribution in [-0.2, 0) is 0 Å². The number of nitrogens with zero attached hydrogens (tertiary/aromatic N) is 1. The van der Waals surface area contributed by atoms with Gasteiger partial charge in [-0.05, 0) is 49.6 Å². The van der Waals surface area contributed by atoms with Gasteiger partial charge >= 0.3 is 0 Å². The van der Waals surface area contributed by atoms with Crippen LogP contribution in [0.5, 0.6) is 0 Å². The van der Waals surface area contributed by atoms with Crippen LogP contribution in [0.1, 0.15) is 12.8 Å². The molecule has 0 saturated carbocycles. The van der Waals surface area contributed by atoms with Gasteiger partial charge in [0.2, 0.25) is 0 Å². The number of rotatable bonds is 1. The van der Waals surface area contributed by atoms with Gasteiger partial charge in [0.15, 0.2) is 0 Å². The first-order valence-electron chi connectivity index (χ1n) is 6.17. The molecule has 0 aromatic heterocycles. The molecule has 2 atom stereocenters. The molecule has 0 amide bonds.